The molecule has 0 saturated heterocycles. The lowest BCUT2D eigenvalue weighted by Crippen LogP contribution is -2.10. The van der Waals surface area contributed by atoms with E-state index in [1.54, 1.807) is 41.8 Å². The number of nitro benzene ring substituents is 1. The molecule has 0 unspecified atom stereocenters. The lowest BCUT2D eigenvalue weighted by atomic mass is 10.1. The highest BCUT2D eigenvalue weighted by Crippen LogP contribution is 2.29. The molecule has 0 fully saturated rings. The third-order valence-corrected chi connectivity index (χ3v) is 4.44. The second-order valence-corrected chi connectivity index (χ2v) is 6.59. The first-order valence-corrected chi connectivity index (χ1v) is 9.18. The number of nitrogens with zero attached hydrogens (tertiary/aromatic N) is 2. The number of hydrogen-bond donors (Lipinski definition) is 1. The first-order valence-electron chi connectivity index (χ1n) is 8.30. The minimum atomic E-state index is -0.611. The second kappa shape index (κ2) is 8.93. The fraction of sp³-hybridized carbons (Fsp3) is 0.105. The van der Waals surface area contributed by atoms with Crippen LogP contribution in [0, 0.1) is 10.1 Å². The first kappa shape index (κ1) is 20.0. The maximum atomic E-state index is 11.8. The molecule has 0 bridgehead atoms. The van der Waals surface area contributed by atoms with Crippen molar-refractivity contribution in [3.63, 3.8) is 0 Å². The normalized spacial score (nSPS) is 10.2. The highest BCUT2D eigenvalue weighted by molar-refractivity contribution is 7.14. The van der Waals surface area contributed by atoms with E-state index in [1.165, 1.54) is 30.4 Å². The van der Waals surface area contributed by atoms with Gasteiger partial charge in [0.25, 0.3) is 5.69 Å². The Bertz CT molecular complexity index is 1050. The third kappa shape index (κ3) is 5.36. The van der Waals surface area contributed by atoms with Gasteiger partial charge >= 0.3 is 11.9 Å². The van der Waals surface area contributed by atoms with Crippen LogP contribution < -0.4 is 5.32 Å². The van der Waals surface area contributed by atoms with Gasteiger partial charge in [0.15, 0.2) is 5.13 Å². The molecule has 10 heteroatoms. The summed E-state index contributed by atoms with van der Waals surface area (Å²) in [6.45, 7) is 0.783. The second-order valence-electron chi connectivity index (χ2n) is 5.73. The van der Waals surface area contributed by atoms with Gasteiger partial charge in [-0.15, -0.1) is 11.3 Å². The summed E-state index contributed by atoms with van der Waals surface area (Å²) < 4.78 is 9.37. The van der Waals surface area contributed by atoms with Crippen molar-refractivity contribution in [2.45, 2.75) is 6.92 Å². The van der Waals surface area contributed by atoms with Crippen LogP contribution in [0.2, 0.25) is 0 Å². The fourth-order valence-electron chi connectivity index (χ4n) is 2.30. The van der Waals surface area contributed by atoms with E-state index < -0.39 is 23.7 Å². The molecular weight excluding hydrogens is 398 g/mol. The molecule has 0 amide bonds. The zero-order valence-electron chi connectivity index (χ0n) is 15.2. The van der Waals surface area contributed by atoms with E-state index in [0.29, 0.717) is 27.6 Å². The molecule has 0 aliphatic carbocycles. The van der Waals surface area contributed by atoms with Gasteiger partial charge in [0.2, 0.25) is 6.79 Å². The number of esters is 2. The van der Waals surface area contributed by atoms with Crippen molar-refractivity contribution in [1.82, 2.24) is 4.98 Å². The number of ether oxygens (including phenoxy) is 2. The van der Waals surface area contributed by atoms with Crippen LogP contribution in [-0.4, -0.2) is 28.6 Å². The third-order valence-electron chi connectivity index (χ3n) is 3.68. The molecule has 0 spiro atoms. The molecule has 29 heavy (non-hydrogen) atoms. The maximum Gasteiger partial charge on any atom is 0.341 e. The Morgan fingerprint density at radius 3 is 2.62 bits per heavy atom. The Balaban J connectivity index is 1.64. The smallest absolute Gasteiger partial charge is 0.341 e. The number of benzene rings is 2. The quantitative estimate of drug-likeness (QED) is 0.265. The van der Waals surface area contributed by atoms with Gasteiger partial charge in [0.1, 0.15) is 0 Å². The largest absolute Gasteiger partial charge is 0.428 e. The molecule has 1 heterocycles. The minimum Gasteiger partial charge on any atom is -0.428 e. The summed E-state index contributed by atoms with van der Waals surface area (Å²) in [5.41, 5.74) is 2.27. The van der Waals surface area contributed by atoms with E-state index in [9.17, 15) is 19.7 Å². The summed E-state index contributed by atoms with van der Waals surface area (Å²) in [7, 11) is 0. The Morgan fingerprint density at radius 2 is 1.93 bits per heavy atom. The Morgan fingerprint density at radius 1 is 1.17 bits per heavy atom. The van der Waals surface area contributed by atoms with E-state index >= 15 is 0 Å². The van der Waals surface area contributed by atoms with Gasteiger partial charge in [-0.1, -0.05) is 12.1 Å². The SMILES string of the molecule is CC(=O)OCOC(=O)c1ccc(Nc2nc(-c3cccc([N+](=O)[O-])c3)cs2)cc1. The van der Waals surface area contributed by atoms with Gasteiger partial charge in [0.05, 0.1) is 16.2 Å². The van der Waals surface area contributed by atoms with E-state index in [4.69, 9.17) is 4.74 Å². The number of carbonyl (C=O) groups excluding carboxylic acids is 2. The number of carbonyl (C=O) groups is 2. The molecular formula is C19H15N3O6S. The average molecular weight is 413 g/mol. The first-order chi connectivity index (χ1) is 13.9. The van der Waals surface area contributed by atoms with Gasteiger partial charge in [0, 0.05) is 35.7 Å². The summed E-state index contributed by atoms with van der Waals surface area (Å²) in [6, 6.07) is 12.7. The highest BCUT2D eigenvalue weighted by atomic mass is 32.1. The molecule has 0 aliphatic heterocycles. The number of anilines is 2. The van der Waals surface area contributed by atoms with Crippen LogP contribution in [0.15, 0.2) is 53.9 Å². The number of non-ortho nitro benzene ring substituents is 1. The summed E-state index contributed by atoms with van der Waals surface area (Å²) in [5.74, 6) is -1.15. The molecule has 0 radical (unpaired) electrons. The molecule has 1 aromatic heterocycles. The molecule has 2 aromatic carbocycles. The van der Waals surface area contributed by atoms with Crippen molar-refractivity contribution in [2.75, 3.05) is 12.1 Å². The van der Waals surface area contributed by atoms with Gasteiger partial charge in [-0.05, 0) is 24.3 Å². The topological polar surface area (TPSA) is 121 Å². The highest BCUT2D eigenvalue weighted by Gasteiger charge is 2.11. The molecule has 148 valence electrons. The lowest BCUT2D eigenvalue weighted by molar-refractivity contribution is -0.384. The molecule has 0 aliphatic rings. The van der Waals surface area contributed by atoms with E-state index in [-0.39, 0.29) is 5.69 Å². The zero-order valence-corrected chi connectivity index (χ0v) is 16.0. The van der Waals surface area contributed by atoms with Crippen LogP contribution >= 0.6 is 11.3 Å². The van der Waals surface area contributed by atoms with Crippen molar-refractivity contribution in [2.24, 2.45) is 0 Å². The number of aromatic nitrogens is 1. The lowest BCUT2D eigenvalue weighted by Gasteiger charge is -2.06. The van der Waals surface area contributed by atoms with Crippen molar-refractivity contribution < 1.29 is 24.0 Å². The summed E-state index contributed by atoms with van der Waals surface area (Å²) in [4.78, 5) is 37.4. The molecule has 3 rings (SSSR count). The zero-order chi connectivity index (χ0) is 20.8. The molecule has 1 N–H and O–H groups in total. The van der Waals surface area contributed by atoms with Crippen LogP contribution in [0.1, 0.15) is 17.3 Å². The predicted molar refractivity (Wildman–Crippen MR) is 106 cm³/mol. The molecule has 0 saturated carbocycles. The van der Waals surface area contributed by atoms with Crippen molar-refractivity contribution in [3.05, 3.63) is 69.6 Å². The Hall–Kier alpha value is -3.79. The summed E-state index contributed by atoms with van der Waals surface area (Å²) >= 11 is 1.35. The van der Waals surface area contributed by atoms with E-state index in [2.05, 4.69) is 15.0 Å². The van der Waals surface area contributed by atoms with Gasteiger partial charge in [-0.3, -0.25) is 14.9 Å². The summed E-state index contributed by atoms with van der Waals surface area (Å²) in [6.07, 6.45) is 0. The number of nitro groups is 1. The summed E-state index contributed by atoms with van der Waals surface area (Å²) in [5, 5.41) is 16.4. The molecule has 9 nitrogen and oxygen atoms in total. The van der Waals surface area contributed by atoms with E-state index in [1.807, 2.05) is 0 Å². The monoisotopic (exact) mass is 413 g/mol. The van der Waals surface area contributed by atoms with Crippen LogP contribution in [0.3, 0.4) is 0 Å². The minimum absolute atomic E-state index is 0.00110. The average Bonchev–Trinajstić information content (AvgIpc) is 3.17. The standard InChI is InChI=1S/C19H15N3O6S/c1-12(23)27-11-28-18(24)13-5-7-15(8-6-13)20-19-21-17(10-29-19)14-3-2-4-16(9-14)22(25)26/h2-10H,11H2,1H3,(H,20,21). The van der Waals surface area contributed by atoms with E-state index in [0.717, 1.165) is 0 Å². The van der Waals surface area contributed by atoms with Gasteiger partial charge in [-0.2, -0.15) is 0 Å². The number of rotatable bonds is 7. The van der Waals surface area contributed by atoms with Crippen molar-refractivity contribution in [3.8, 4) is 11.3 Å². The van der Waals surface area contributed by atoms with Crippen LogP contribution in [0.25, 0.3) is 11.3 Å². The predicted octanol–water partition coefficient (Wildman–Crippen LogP) is 4.14. The number of hydrogen-bond acceptors (Lipinski definition) is 9. The van der Waals surface area contributed by atoms with Crippen LogP contribution in [-0.2, 0) is 14.3 Å². The number of thiazole rings is 1. The number of nitrogens with one attached hydrogen (secondary N) is 1. The van der Waals surface area contributed by atoms with Crippen LogP contribution in [0.5, 0.6) is 0 Å². The molecule has 3 aromatic rings. The van der Waals surface area contributed by atoms with Gasteiger partial charge < -0.3 is 14.8 Å². The van der Waals surface area contributed by atoms with Gasteiger partial charge in [-0.25, -0.2) is 9.78 Å². The fourth-order valence-corrected chi connectivity index (χ4v) is 3.04. The Labute approximate surface area is 169 Å². The van der Waals surface area contributed by atoms with Crippen molar-refractivity contribution >= 4 is 39.8 Å². The van der Waals surface area contributed by atoms with Crippen molar-refractivity contribution in [1.29, 1.82) is 0 Å². The Kier molecular flexibility index (Phi) is 6.15. The maximum absolute atomic E-state index is 11.8. The van der Waals surface area contributed by atoms with Crippen LogP contribution in [0.4, 0.5) is 16.5 Å². The molecule has 0 atom stereocenters.